The second kappa shape index (κ2) is 6.37. The van der Waals surface area contributed by atoms with Crippen molar-refractivity contribution in [2.45, 2.75) is 6.92 Å². The van der Waals surface area contributed by atoms with Crippen LogP contribution in [0.25, 0.3) is 0 Å². The number of amides is 1. The van der Waals surface area contributed by atoms with Crippen molar-refractivity contribution in [3.8, 4) is 0 Å². The molecule has 0 heterocycles. The summed E-state index contributed by atoms with van der Waals surface area (Å²) < 4.78 is 13.0. The highest BCUT2D eigenvalue weighted by molar-refractivity contribution is 6.34. The topological polar surface area (TPSA) is 67.5 Å². The first kappa shape index (κ1) is 15.0. The fraction of sp³-hybridized carbons (Fsp3) is 0.0667. The van der Waals surface area contributed by atoms with Gasteiger partial charge in [0.15, 0.2) is 0 Å². The number of carbonyl (C=O) groups excluding carboxylic acids is 1. The number of hydrogen-bond donors (Lipinski definition) is 2. The zero-order chi connectivity index (χ0) is 15.4. The normalized spacial score (nSPS) is 11.3. The lowest BCUT2D eigenvalue weighted by molar-refractivity contribution is 0.0955. The van der Waals surface area contributed by atoms with E-state index >= 15 is 0 Å². The van der Waals surface area contributed by atoms with E-state index in [9.17, 15) is 9.18 Å². The second-order valence-corrected chi connectivity index (χ2v) is 4.79. The quantitative estimate of drug-likeness (QED) is 0.519. The van der Waals surface area contributed by atoms with Crippen molar-refractivity contribution in [2.75, 3.05) is 5.73 Å². The summed E-state index contributed by atoms with van der Waals surface area (Å²) >= 11 is 5.93. The summed E-state index contributed by atoms with van der Waals surface area (Å²) in [5.74, 6) is -0.796. The SMILES string of the molecule is C/C(=N/NC(=O)c1ccc(N)cc1)c1ccc(F)cc1Cl. The molecule has 0 aliphatic heterocycles. The molecule has 0 bridgehead atoms. The Morgan fingerprint density at radius 3 is 2.52 bits per heavy atom. The van der Waals surface area contributed by atoms with Crippen molar-refractivity contribution >= 4 is 28.9 Å². The van der Waals surface area contributed by atoms with Crippen LogP contribution in [0.3, 0.4) is 0 Å². The summed E-state index contributed by atoms with van der Waals surface area (Å²) in [6.45, 7) is 1.67. The fourth-order valence-corrected chi connectivity index (χ4v) is 1.98. The van der Waals surface area contributed by atoms with Gasteiger partial charge < -0.3 is 5.73 Å². The summed E-state index contributed by atoms with van der Waals surface area (Å²) in [5.41, 5.74) is 10.0. The molecule has 21 heavy (non-hydrogen) atoms. The van der Waals surface area contributed by atoms with Crippen molar-refractivity contribution in [1.82, 2.24) is 5.43 Å². The first-order chi connectivity index (χ1) is 9.97. The van der Waals surface area contributed by atoms with Gasteiger partial charge in [-0.2, -0.15) is 5.10 Å². The maximum absolute atomic E-state index is 13.0. The number of hydrazone groups is 1. The van der Waals surface area contributed by atoms with Crippen molar-refractivity contribution in [3.63, 3.8) is 0 Å². The number of hydrogen-bond acceptors (Lipinski definition) is 3. The van der Waals surface area contributed by atoms with Crippen LogP contribution in [0.2, 0.25) is 5.02 Å². The number of carbonyl (C=O) groups is 1. The average molecular weight is 306 g/mol. The maximum Gasteiger partial charge on any atom is 0.271 e. The van der Waals surface area contributed by atoms with Crippen LogP contribution in [-0.2, 0) is 0 Å². The van der Waals surface area contributed by atoms with Gasteiger partial charge in [-0.15, -0.1) is 0 Å². The lowest BCUT2D eigenvalue weighted by Gasteiger charge is -2.05. The molecule has 0 aliphatic carbocycles. The number of nitrogens with two attached hydrogens (primary N) is 1. The molecule has 6 heteroatoms. The third-order valence-corrected chi connectivity index (χ3v) is 3.13. The Balaban J connectivity index is 2.12. The predicted molar refractivity (Wildman–Crippen MR) is 81.9 cm³/mol. The smallest absolute Gasteiger partial charge is 0.271 e. The molecule has 0 radical (unpaired) electrons. The molecule has 0 atom stereocenters. The Labute approximate surface area is 126 Å². The van der Waals surface area contributed by atoms with Gasteiger partial charge >= 0.3 is 0 Å². The molecular weight excluding hydrogens is 293 g/mol. The van der Waals surface area contributed by atoms with Gasteiger partial charge in [-0.3, -0.25) is 4.79 Å². The standard InChI is InChI=1S/C15H13ClFN3O/c1-9(13-7-4-11(17)8-14(13)16)19-20-15(21)10-2-5-12(18)6-3-10/h2-8H,18H2,1H3,(H,20,21)/b19-9-. The van der Waals surface area contributed by atoms with E-state index in [0.717, 1.165) is 0 Å². The lowest BCUT2D eigenvalue weighted by Crippen LogP contribution is -2.19. The van der Waals surface area contributed by atoms with Gasteiger partial charge in [0.2, 0.25) is 0 Å². The summed E-state index contributed by atoms with van der Waals surface area (Å²) in [4.78, 5) is 11.9. The van der Waals surface area contributed by atoms with E-state index in [0.29, 0.717) is 22.5 Å². The highest BCUT2D eigenvalue weighted by Crippen LogP contribution is 2.17. The molecule has 3 N–H and O–H groups in total. The minimum Gasteiger partial charge on any atom is -0.399 e. The summed E-state index contributed by atoms with van der Waals surface area (Å²) in [6.07, 6.45) is 0. The van der Waals surface area contributed by atoms with Gasteiger partial charge in [0.05, 0.1) is 10.7 Å². The molecule has 2 aromatic carbocycles. The van der Waals surface area contributed by atoms with E-state index in [4.69, 9.17) is 17.3 Å². The van der Waals surface area contributed by atoms with Crippen LogP contribution >= 0.6 is 11.6 Å². The van der Waals surface area contributed by atoms with E-state index in [1.807, 2.05) is 0 Å². The van der Waals surface area contributed by atoms with Crippen molar-refractivity contribution < 1.29 is 9.18 Å². The zero-order valence-corrected chi connectivity index (χ0v) is 12.0. The van der Waals surface area contributed by atoms with Crippen LogP contribution < -0.4 is 11.2 Å². The van der Waals surface area contributed by atoms with Gasteiger partial charge in [-0.1, -0.05) is 11.6 Å². The third kappa shape index (κ3) is 3.79. The third-order valence-electron chi connectivity index (χ3n) is 2.82. The molecule has 0 fully saturated rings. The molecule has 0 saturated heterocycles. The maximum atomic E-state index is 13.0. The largest absolute Gasteiger partial charge is 0.399 e. The van der Waals surface area contributed by atoms with E-state index in [1.54, 1.807) is 31.2 Å². The number of anilines is 1. The molecule has 0 unspecified atom stereocenters. The number of nitrogens with one attached hydrogen (secondary N) is 1. The molecule has 0 aromatic heterocycles. The highest BCUT2D eigenvalue weighted by atomic mass is 35.5. The van der Waals surface area contributed by atoms with Crippen molar-refractivity contribution in [2.24, 2.45) is 5.10 Å². The van der Waals surface area contributed by atoms with Crippen LogP contribution in [0, 0.1) is 5.82 Å². The molecule has 4 nitrogen and oxygen atoms in total. The number of nitrogens with zero attached hydrogens (tertiary/aromatic N) is 1. The second-order valence-electron chi connectivity index (χ2n) is 4.38. The van der Waals surface area contributed by atoms with Gasteiger partial charge in [0.25, 0.3) is 5.91 Å². The Bertz CT molecular complexity index is 699. The van der Waals surface area contributed by atoms with Gasteiger partial charge in [-0.05, 0) is 49.4 Å². The number of halogens is 2. The Kier molecular flexibility index (Phi) is 4.55. The lowest BCUT2D eigenvalue weighted by atomic mass is 10.1. The molecule has 0 aliphatic rings. The predicted octanol–water partition coefficient (Wildman–Crippen LogP) is 3.22. The molecular formula is C15H13ClFN3O. The summed E-state index contributed by atoms with van der Waals surface area (Å²) in [7, 11) is 0. The highest BCUT2D eigenvalue weighted by Gasteiger charge is 2.07. The van der Waals surface area contributed by atoms with E-state index < -0.39 is 5.82 Å². The first-order valence-corrected chi connectivity index (χ1v) is 6.51. The van der Waals surface area contributed by atoms with Crippen LogP contribution in [0.5, 0.6) is 0 Å². The Morgan fingerprint density at radius 1 is 1.24 bits per heavy atom. The fourth-order valence-electron chi connectivity index (χ4n) is 1.68. The molecule has 0 saturated carbocycles. The molecule has 2 aromatic rings. The van der Waals surface area contributed by atoms with Crippen LogP contribution in [0.4, 0.5) is 10.1 Å². The van der Waals surface area contributed by atoms with Gasteiger partial charge in [-0.25, -0.2) is 9.82 Å². The van der Waals surface area contributed by atoms with E-state index in [-0.39, 0.29) is 10.9 Å². The van der Waals surface area contributed by atoms with Crippen LogP contribution in [-0.4, -0.2) is 11.6 Å². The molecule has 1 amide bonds. The van der Waals surface area contributed by atoms with Crippen molar-refractivity contribution in [3.05, 3.63) is 64.4 Å². The van der Waals surface area contributed by atoms with E-state index in [2.05, 4.69) is 10.5 Å². The zero-order valence-electron chi connectivity index (χ0n) is 11.2. The van der Waals surface area contributed by atoms with Crippen LogP contribution in [0.1, 0.15) is 22.8 Å². The number of nitrogen functional groups attached to an aromatic ring is 1. The minimum absolute atomic E-state index is 0.234. The minimum atomic E-state index is -0.428. The van der Waals surface area contributed by atoms with Gasteiger partial charge in [0, 0.05) is 16.8 Å². The van der Waals surface area contributed by atoms with Gasteiger partial charge in [0.1, 0.15) is 5.82 Å². The number of benzene rings is 2. The first-order valence-electron chi connectivity index (χ1n) is 6.13. The molecule has 0 spiro atoms. The van der Waals surface area contributed by atoms with Crippen molar-refractivity contribution in [1.29, 1.82) is 0 Å². The Hall–Kier alpha value is -2.40. The van der Waals surface area contributed by atoms with Crippen LogP contribution in [0.15, 0.2) is 47.6 Å². The summed E-state index contributed by atoms with van der Waals surface area (Å²) in [6, 6.07) is 10.4. The molecule has 2 rings (SSSR count). The monoisotopic (exact) mass is 305 g/mol. The number of rotatable bonds is 3. The summed E-state index contributed by atoms with van der Waals surface area (Å²) in [5, 5.41) is 4.20. The molecule has 108 valence electrons. The Morgan fingerprint density at radius 2 is 1.90 bits per heavy atom. The average Bonchev–Trinajstić information content (AvgIpc) is 2.45. The van der Waals surface area contributed by atoms with E-state index in [1.165, 1.54) is 18.2 Å².